The summed E-state index contributed by atoms with van der Waals surface area (Å²) in [5.74, 6) is 0. The molecule has 0 bridgehead atoms. The quantitative estimate of drug-likeness (QED) is 0.407. The number of halogens is 1. The van der Waals surface area contributed by atoms with Crippen LogP contribution in [0.15, 0.2) is 0 Å². The van der Waals surface area contributed by atoms with Gasteiger partial charge in [0.1, 0.15) is 18.3 Å². The van der Waals surface area contributed by atoms with Gasteiger partial charge in [-0.25, -0.2) is 0 Å². The van der Waals surface area contributed by atoms with Gasteiger partial charge in [0.25, 0.3) is 0 Å². The molecule has 74 valence electrons. The zero-order valence-corrected chi connectivity index (χ0v) is 7.28. The first-order valence-electron chi connectivity index (χ1n) is 3.53. The third kappa shape index (κ3) is 2.07. The van der Waals surface area contributed by atoms with Crippen molar-refractivity contribution in [3.8, 4) is 0 Å². The maximum atomic E-state index is 9.19. The number of hydrogen-bond acceptors (Lipinski definition) is 5. The molecule has 5 N–H and O–H groups in total. The summed E-state index contributed by atoms with van der Waals surface area (Å²) < 4.78 is 5.01. The average Bonchev–Trinajstić information content (AvgIpc) is 2.30. The van der Waals surface area contributed by atoms with Gasteiger partial charge in [0, 0.05) is 6.54 Å². The molecular formula is C6H14ClNO4. The van der Waals surface area contributed by atoms with Crippen molar-refractivity contribution in [2.45, 2.75) is 24.4 Å². The zero-order chi connectivity index (χ0) is 8.43. The lowest BCUT2D eigenvalue weighted by molar-refractivity contribution is -0.0193. The van der Waals surface area contributed by atoms with Gasteiger partial charge >= 0.3 is 0 Å². The highest BCUT2D eigenvalue weighted by molar-refractivity contribution is 5.85. The molecule has 1 heterocycles. The fourth-order valence-corrected chi connectivity index (χ4v) is 1.17. The fraction of sp³-hybridized carbons (Fsp3) is 1.00. The van der Waals surface area contributed by atoms with Crippen LogP contribution in [0.1, 0.15) is 0 Å². The molecule has 0 unspecified atom stereocenters. The van der Waals surface area contributed by atoms with Crippen LogP contribution in [-0.4, -0.2) is 52.9 Å². The van der Waals surface area contributed by atoms with Gasteiger partial charge in [-0.1, -0.05) is 0 Å². The van der Waals surface area contributed by atoms with Gasteiger partial charge < -0.3 is 25.8 Å². The lowest BCUT2D eigenvalue weighted by Crippen LogP contribution is -2.36. The van der Waals surface area contributed by atoms with Crippen LogP contribution < -0.4 is 5.73 Å². The molecule has 0 amide bonds. The summed E-state index contributed by atoms with van der Waals surface area (Å²) in [5, 5.41) is 27.0. The summed E-state index contributed by atoms with van der Waals surface area (Å²) in [6.45, 7) is -0.149. The summed E-state index contributed by atoms with van der Waals surface area (Å²) in [4.78, 5) is 0. The molecule has 0 aromatic rings. The Balaban J connectivity index is 0.00000121. The van der Waals surface area contributed by atoms with Gasteiger partial charge in [-0.3, -0.25) is 0 Å². The highest BCUT2D eigenvalue weighted by atomic mass is 35.5. The van der Waals surface area contributed by atoms with Crippen molar-refractivity contribution < 1.29 is 20.1 Å². The van der Waals surface area contributed by atoms with Gasteiger partial charge in [-0.2, -0.15) is 0 Å². The van der Waals surface area contributed by atoms with Crippen LogP contribution in [0, 0.1) is 0 Å². The predicted molar refractivity (Wildman–Crippen MR) is 44.1 cm³/mol. The molecule has 0 spiro atoms. The van der Waals surface area contributed by atoms with E-state index in [1.165, 1.54) is 0 Å². The minimum Gasteiger partial charge on any atom is -0.394 e. The van der Waals surface area contributed by atoms with Gasteiger partial charge in [-0.05, 0) is 0 Å². The Kier molecular flexibility index (Phi) is 5.00. The molecule has 0 radical (unpaired) electrons. The number of ether oxygens (including phenoxy) is 1. The fourth-order valence-electron chi connectivity index (χ4n) is 1.17. The second-order valence-corrected chi connectivity index (χ2v) is 2.61. The molecule has 1 aliphatic heterocycles. The Morgan fingerprint density at radius 1 is 1.17 bits per heavy atom. The molecule has 0 aromatic heterocycles. The molecule has 1 fully saturated rings. The summed E-state index contributed by atoms with van der Waals surface area (Å²) in [6.07, 6.45) is -3.24. The van der Waals surface area contributed by atoms with E-state index in [1.807, 2.05) is 0 Å². The second kappa shape index (κ2) is 4.96. The first-order valence-corrected chi connectivity index (χ1v) is 3.53. The zero-order valence-electron chi connectivity index (χ0n) is 6.46. The van der Waals surface area contributed by atoms with Gasteiger partial charge in [0.05, 0.1) is 12.7 Å². The normalized spacial score (nSPS) is 41.0. The summed E-state index contributed by atoms with van der Waals surface area (Å²) in [6, 6.07) is 0. The number of aliphatic hydroxyl groups is 3. The van der Waals surface area contributed by atoms with Crippen LogP contribution >= 0.6 is 12.4 Å². The maximum absolute atomic E-state index is 9.19. The van der Waals surface area contributed by atoms with Crippen LogP contribution in [-0.2, 0) is 4.74 Å². The van der Waals surface area contributed by atoms with Crippen molar-refractivity contribution in [3.63, 3.8) is 0 Å². The van der Waals surface area contributed by atoms with E-state index in [2.05, 4.69) is 0 Å². The van der Waals surface area contributed by atoms with Crippen LogP contribution in [0.5, 0.6) is 0 Å². The molecule has 0 saturated carbocycles. The largest absolute Gasteiger partial charge is 0.394 e. The highest BCUT2D eigenvalue weighted by Gasteiger charge is 2.41. The summed E-state index contributed by atoms with van der Waals surface area (Å²) in [5.41, 5.74) is 5.23. The molecule has 0 aromatic carbocycles. The highest BCUT2D eigenvalue weighted by Crippen LogP contribution is 2.19. The predicted octanol–water partition coefficient (Wildman–Crippen LogP) is -2.15. The number of hydrogen-bond donors (Lipinski definition) is 4. The molecule has 4 atom stereocenters. The molecule has 6 heteroatoms. The summed E-state index contributed by atoms with van der Waals surface area (Å²) in [7, 11) is 0. The first kappa shape index (κ1) is 12.1. The lowest BCUT2D eigenvalue weighted by atomic mass is 10.1. The molecule has 1 rings (SSSR count). The Morgan fingerprint density at radius 2 is 1.67 bits per heavy atom. The Bertz CT molecular complexity index is 119. The molecular weight excluding hydrogens is 186 g/mol. The van der Waals surface area contributed by atoms with E-state index in [-0.39, 0.29) is 25.6 Å². The first-order chi connectivity index (χ1) is 5.20. The van der Waals surface area contributed by atoms with Crippen molar-refractivity contribution in [1.29, 1.82) is 0 Å². The smallest absolute Gasteiger partial charge is 0.111 e. The molecule has 1 aliphatic rings. The Labute approximate surface area is 76.5 Å². The monoisotopic (exact) mass is 199 g/mol. The van der Waals surface area contributed by atoms with Crippen molar-refractivity contribution in [3.05, 3.63) is 0 Å². The molecule has 0 aliphatic carbocycles. The topological polar surface area (TPSA) is 95.9 Å². The minimum absolute atomic E-state index is 0. The van der Waals surface area contributed by atoms with E-state index in [4.69, 9.17) is 20.7 Å². The Morgan fingerprint density at radius 3 is 1.92 bits per heavy atom. The number of aliphatic hydroxyl groups excluding tert-OH is 3. The average molecular weight is 200 g/mol. The van der Waals surface area contributed by atoms with Crippen molar-refractivity contribution >= 4 is 12.4 Å². The third-order valence-electron chi connectivity index (χ3n) is 1.87. The third-order valence-corrected chi connectivity index (χ3v) is 1.87. The van der Waals surface area contributed by atoms with E-state index >= 15 is 0 Å². The van der Waals surface area contributed by atoms with E-state index in [9.17, 15) is 5.11 Å². The van der Waals surface area contributed by atoms with E-state index in [0.29, 0.717) is 0 Å². The van der Waals surface area contributed by atoms with Gasteiger partial charge in [0.2, 0.25) is 0 Å². The number of rotatable bonds is 2. The van der Waals surface area contributed by atoms with Gasteiger partial charge in [0.15, 0.2) is 0 Å². The lowest BCUT2D eigenvalue weighted by Gasteiger charge is -2.11. The van der Waals surface area contributed by atoms with Crippen molar-refractivity contribution in [2.75, 3.05) is 13.2 Å². The number of nitrogens with two attached hydrogens (primary N) is 1. The Hall–Kier alpha value is 0.0900. The van der Waals surface area contributed by atoms with E-state index in [0.717, 1.165) is 0 Å². The van der Waals surface area contributed by atoms with Crippen LogP contribution in [0.4, 0.5) is 0 Å². The van der Waals surface area contributed by atoms with Crippen LogP contribution in [0.3, 0.4) is 0 Å². The van der Waals surface area contributed by atoms with Crippen molar-refractivity contribution in [1.82, 2.24) is 0 Å². The summed E-state index contributed by atoms with van der Waals surface area (Å²) >= 11 is 0. The van der Waals surface area contributed by atoms with Crippen LogP contribution in [0.25, 0.3) is 0 Å². The standard InChI is InChI=1S/C6H13NO4.ClH/c7-1-3-5(9)6(10)4(2-8)11-3;/h3-6,8-10H,1-2,7H2;1H/t3-,4+,5+,6+;/m0./s1. The minimum atomic E-state index is -1.02. The second-order valence-electron chi connectivity index (χ2n) is 2.61. The molecule has 1 saturated heterocycles. The van der Waals surface area contributed by atoms with E-state index in [1.54, 1.807) is 0 Å². The molecule has 12 heavy (non-hydrogen) atoms. The van der Waals surface area contributed by atoms with Crippen molar-refractivity contribution in [2.24, 2.45) is 5.73 Å². The molecule has 5 nitrogen and oxygen atoms in total. The SMILES string of the molecule is Cl.NC[C@@H]1O[C@H](CO)[C@@H](O)[C@@H]1O. The van der Waals surface area contributed by atoms with Crippen LogP contribution in [0.2, 0.25) is 0 Å². The van der Waals surface area contributed by atoms with E-state index < -0.39 is 24.4 Å². The van der Waals surface area contributed by atoms with Gasteiger partial charge in [-0.15, -0.1) is 12.4 Å². The maximum Gasteiger partial charge on any atom is 0.111 e.